The van der Waals surface area contributed by atoms with Crippen molar-refractivity contribution in [1.29, 1.82) is 0 Å². The van der Waals surface area contributed by atoms with Crippen molar-refractivity contribution in [3.63, 3.8) is 0 Å². The Labute approximate surface area is 211 Å². The number of hydrogen-bond acceptors (Lipinski definition) is 7. The lowest BCUT2D eigenvalue weighted by Crippen LogP contribution is -2.51. The number of benzene rings is 1. The molecule has 0 bridgehead atoms. The summed E-state index contributed by atoms with van der Waals surface area (Å²) in [4.78, 5) is 26.8. The zero-order valence-electron chi connectivity index (χ0n) is 20.2. The van der Waals surface area contributed by atoms with Gasteiger partial charge in [-0.3, -0.25) is 4.79 Å². The molecule has 5 rings (SSSR count). The molecule has 1 unspecified atom stereocenters. The maximum absolute atomic E-state index is 13.7. The molecular formula is C26H34ClN5O3. The SMILES string of the molecule is C[C@@H]1C[C@@H](O)c2ncnc(N3CCN(C(=O)C(CNC4CCOCC4)c4ccc(Cl)cc4)CC3)c21. The molecule has 1 aliphatic carbocycles. The second-order valence-corrected chi connectivity index (χ2v) is 10.3. The third-order valence-corrected chi connectivity index (χ3v) is 7.82. The normalized spacial score (nSPS) is 23.9. The molecule has 9 heteroatoms. The maximum Gasteiger partial charge on any atom is 0.231 e. The predicted molar refractivity (Wildman–Crippen MR) is 135 cm³/mol. The zero-order valence-corrected chi connectivity index (χ0v) is 21.0. The Hall–Kier alpha value is -2.26. The number of amides is 1. The number of carbonyl (C=O) groups is 1. The Morgan fingerprint density at radius 3 is 2.60 bits per heavy atom. The Balaban J connectivity index is 1.27. The molecule has 8 nitrogen and oxygen atoms in total. The van der Waals surface area contributed by atoms with Crippen LogP contribution in [0.4, 0.5) is 5.82 Å². The predicted octanol–water partition coefficient (Wildman–Crippen LogP) is 2.87. The molecule has 0 spiro atoms. The van der Waals surface area contributed by atoms with Crippen molar-refractivity contribution in [2.75, 3.05) is 50.8 Å². The van der Waals surface area contributed by atoms with Crippen LogP contribution in [-0.2, 0) is 9.53 Å². The number of aromatic nitrogens is 2. The molecule has 0 saturated carbocycles. The molecule has 1 amide bonds. The van der Waals surface area contributed by atoms with E-state index in [4.69, 9.17) is 16.3 Å². The minimum Gasteiger partial charge on any atom is -0.387 e. The standard InChI is InChI=1S/C26H34ClN5O3/c1-17-14-22(33)24-23(17)25(30-16-29-24)31-8-10-32(11-9-31)26(34)21(18-2-4-19(27)5-3-18)15-28-20-6-12-35-13-7-20/h2-5,16-17,20-22,28,33H,6-15H2,1H3/t17-,21?,22-/m1/s1. The van der Waals surface area contributed by atoms with Gasteiger partial charge in [-0.2, -0.15) is 0 Å². The highest BCUT2D eigenvalue weighted by molar-refractivity contribution is 6.30. The van der Waals surface area contributed by atoms with E-state index in [0.717, 1.165) is 48.7 Å². The molecule has 3 aliphatic rings. The lowest BCUT2D eigenvalue weighted by atomic mass is 9.96. The van der Waals surface area contributed by atoms with Gasteiger partial charge in [0, 0.05) is 62.6 Å². The second kappa shape index (κ2) is 10.8. The van der Waals surface area contributed by atoms with E-state index in [2.05, 4.69) is 27.1 Å². The van der Waals surface area contributed by atoms with Crippen LogP contribution in [0, 0.1) is 0 Å². The van der Waals surface area contributed by atoms with Crippen LogP contribution in [0.5, 0.6) is 0 Å². The number of hydrogen-bond donors (Lipinski definition) is 2. The van der Waals surface area contributed by atoms with Crippen molar-refractivity contribution in [3.05, 3.63) is 52.4 Å². The fraction of sp³-hybridized carbons (Fsp3) is 0.577. The third kappa shape index (κ3) is 5.31. The van der Waals surface area contributed by atoms with Crippen molar-refractivity contribution in [1.82, 2.24) is 20.2 Å². The Kier molecular flexibility index (Phi) is 7.53. The molecular weight excluding hydrogens is 466 g/mol. The van der Waals surface area contributed by atoms with Gasteiger partial charge in [-0.25, -0.2) is 9.97 Å². The molecule has 1 aromatic carbocycles. The first-order valence-electron chi connectivity index (χ1n) is 12.6. The van der Waals surface area contributed by atoms with Crippen LogP contribution in [0.3, 0.4) is 0 Å². The van der Waals surface area contributed by atoms with E-state index in [1.807, 2.05) is 29.2 Å². The van der Waals surface area contributed by atoms with Crippen LogP contribution in [0.15, 0.2) is 30.6 Å². The van der Waals surface area contributed by atoms with Crippen LogP contribution in [0.2, 0.25) is 5.02 Å². The first-order chi connectivity index (χ1) is 17.0. The van der Waals surface area contributed by atoms with E-state index in [0.29, 0.717) is 50.2 Å². The van der Waals surface area contributed by atoms with Gasteiger partial charge in [0.05, 0.1) is 17.7 Å². The summed E-state index contributed by atoms with van der Waals surface area (Å²) in [7, 11) is 0. The fourth-order valence-electron chi connectivity index (χ4n) is 5.54. The smallest absolute Gasteiger partial charge is 0.231 e. The first-order valence-corrected chi connectivity index (χ1v) is 13.0. The van der Waals surface area contributed by atoms with Gasteiger partial charge in [-0.05, 0) is 42.9 Å². The van der Waals surface area contributed by atoms with E-state index < -0.39 is 6.10 Å². The molecule has 0 radical (unpaired) electrons. The van der Waals surface area contributed by atoms with E-state index in [-0.39, 0.29) is 17.7 Å². The molecule has 2 aromatic rings. The molecule has 1 aromatic heterocycles. The maximum atomic E-state index is 13.7. The van der Waals surface area contributed by atoms with Crippen molar-refractivity contribution < 1.29 is 14.6 Å². The minimum atomic E-state index is -0.520. The lowest BCUT2D eigenvalue weighted by Gasteiger charge is -2.38. The van der Waals surface area contributed by atoms with Gasteiger partial charge < -0.3 is 25.0 Å². The van der Waals surface area contributed by atoms with Gasteiger partial charge in [0.15, 0.2) is 0 Å². The van der Waals surface area contributed by atoms with Crippen molar-refractivity contribution in [2.45, 2.75) is 50.2 Å². The number of carbonyl (C=O) groups excluding carboxylic acids is 1. The van der Waals surface area contributed by atoms with Crippen LogP contribution >= 0.6 is 11.6 Å². The number of rotatable bonds is 6. The number of aliphatic hydroxyl groups excluding tert-OH is 1. The molecule has 3 heterocycles. The van der Waals surface area contributed by atoms with Gasteiger partial charge in [0.2, 0.25) is 5.91 Å². The number of nitrogens with one attached hydrogen (secondary N) is 1. The fourth-order valence-corrected chi connectivity index (χ4v) is 5.67. The summed E-state index contributed by atoms with van der Waals surface area (Å²) in [5.41, 5.74) is 2.79. The average molecular weight is 500 g/mol. The largest absolute Gasteiger partial charge is 0.387 e. The molecule has 3 atom stereocenters. The first kappa shape index (κ1) is 24.4. The summed E-state index contributed by atoms with van der Waals surface area (Å²) in [6, 6.07) is 8.01. The summed E-state index contributed by atoms with van der Waals surface area (Å²) >= 11 is 6.12. The van der Waals surface area contributed by atoms with Crippen molar-refractivity contribution in [3.8, 4) is 0 Å². The van der Waals surface area contributed by atoms with Gasteiger partial charge in [0.25, 0.3) is 0 Å². The Morgan fingerprint density at radius 1 is 1.17 bits per heavy atom. The average Bonchev–Trinajstić information content (AvgIpc) is 3.19. The number of fused-ring (bicyclic) bond motifs is 1. The zero-order chi connectivity index (χ0) is 24.4. The quantitative estimate of drug-likeness (QED) is 0.631. The number of ether oxygens (including phenoxy) is 1. The van der Waals surface area contributed by atoms with E-state index >= 15 is 0 Å². The summed E-state index contributed by atoms with van der Waals surface area (Å²) < 4.78 is 5.48. The summed E-state index contributed by atoms with van der Waals surface area (Å²) in [6.07, 6.45) is 3.65. The Bertz CT molecular complexity index is 1020. The van der Waals surface area contributed by atoms with E-state index in [9.17, 15) is 9.90 Å². The van der Waals surface area contributed by atoms with Crippen LogP contribution < -0.4 is 10.2 Å². The van der Waals surface area contributed by atoms with E-state index in [1.165, 1.54) is 0 Å². The Morgan fingerprint density at radius 2 is 1.89 bits per heavy atom. The molecule has 2 aliphatic heterocycles. The van der Waals surface area contributed by atoms with Crippen molar-refractivity contribution >= 4 is 23.3 Å². The highest BCUT2D eigenvalue weighted by Crippen LogP contribution is 2.42. The number of halogens is 1. The summed E-state index contributed by atoms with van der Waals surface area (Å²) in [5, 5.41) is 14.6. The highest BCUT2D eigenvalue weighted by Gasteiger charge is 2.35. The van der Waals surface area contributed by atoms with Crippen LogP contribution in [0.25, 0.3) is 0 Å². The topological polar surface area (TPSA) is 90.8 Å². The molecule has 2 saturated heterocycles. The monoisotopic (exact) mass is 499 g/mol. The van der Waals surface area contributed by atoms with Gasteiger partial charge >= 0.3 is 0 Å². The number of nitrogens with zero attached hydrogens (tertiary/aromatic N) is 4. The molecule has 188 valence electrons. The van der Waals surface area contributed by atoms with Gasteiger partial charge in [-0.15, -0.1) is 0 Å². The van der Waals surface area contributed by atoms with Gasteiger partial charge in [0.1, 0.15) is 12.1 Å². The van der Waals surface area contributed by atoms with Crippen LogP contribution in [-0.4, -0.2) is 77.9 Å². The third-order valence-electron chi connectivity index (χ3n) is 7.57. The van der Waals surface area contributed by atoms with Crippen molar-refractivity contribution in [2.24, 2.45) is 0 Å². The number of aliphatic hydroxyl groups is 1. The molecule has 2 fully saturated rings. The lowest BCUT2D eigenvalue weighted by molar-refractivity contribution is -0.133. The second-order valence-electron chi connectivity index (χ2n) is 9.86. The summed E-state index contributed by atoms with van der Waals surface area (Å²) in [6.45, 7) is 6.93. The minimum absolute atomic E-state index is 0.142. The number of anilines is 1. The molecule has 35 heavy (non-hydrogen) atoms. The van der Waals surface area contributed by atoms with E-state index in [1.54, 1.807) is 6.33 Å². The molecule has 2 N–H and O–H groups in total. The highest BCUT2D eigenvalue weighted by atomic mass is 35.5. The summed E-state index contributed by atoms with van der Waals surface area (Å²) in [5.74, 6) is 1.01. The van der Waals surface area contributed by atoms with Gasteiger partial charge in [-0.1, -0.05) is 30.7 Å². The number of piperazine rings is 1. The van der Waals surface area contributed by atoms with Crippen LogP contribution in [0.1, 0.15) is 60.9 Å².